The van der Waals surface area contributed by atoms with Gasteiger partial charge in [-0.2, -0.15) is 0 Å². The van der Waals surface area contributed by atoms with Crippen LogP contribution in [0.25, 0.3) is 0 Å². The van der Waals surface area contributed by atoms with Crippen molar-refractivity contribution in [2.75, 3.05) is 0 Å². The predicted octanol–water partition coefficient (Wildman–Crippen LogP) is -2.42. The third-order valence-electron chi connectivity index (χ3n) is 1.35. The third kappa shape index (κ3) is 2.45. The summed E-state index contributed by atoms with van der Waals surface area (Å²) in [6, 6.07) is 2.36. The molecule has 0 bridgehead atoms. The molecule has 0 aromatic heterocycles. The van der Waals surface area contributed by atoms with Gasteiger partial charge in [0.1, 0.15) is 0 Å². The van der Waals surface area contributed by atoms with Crippen LogP contribution in [0.4, 0.5) is 11.4 Å². The van der Waals surface area contributed by atoms with Crippen LogP contribution in [0.2, 0.25) is 0 Å². The normalized spacial score (nSPS) is 8.86. The standard InChI is InChI=1S/C6H4N2O5.Li/c9-6-3-4(7(10)11)1-2-5(6)8(12)13;/h1-3,9H;/q;+1/p-1. The summed E-state index contributed by atoms with van der Waals surface area (Å²) in [7, 11) is 0. The number of hydrogen-bond acceptors (Lipinski definition) is 5. The van der Waals surface area contributed by atoms with Gasteiger partial charge in [-0.05, 0) is 5.75 Å². The molecule has 0 atom stereocenters. The second kappa shape index (κ2) is 4.60. The van der Waals surface area contributed by atoms with Gasteiger partial charge >= 0.3 is 18.9 Å². The molecule has 0 N–H and O–H groups in total. The first-order valence-electron chi connectivity index (χ1n) is 3.12. The Bertz CT molecular complexity index is 380. The first-order valence-corrected chi connectivity index (χ1v) is 3.12. The van der Waals surface area contributed by atoms with E-state index < -0.39 is 27.0 Å². The number of nitrogens with zero attached hydrogens (tertiary/aromatic N) is 2. The fourth-order valence-electron chi connectivity index (χ4n) is 0.767. The van der Waals surface area contributed by atoms with Crippen molar-refractivity contribution < 1.29 is 33.8 Å². The molecule has 0 aliphatic carbocycles. The Morgan fingerprint density at radius 3 is 2.00 bits per heavy atom. The summed E-state index contributed by atoms with van der Waals surface area (Å²) in [6.45, 7) is 0. The minimum atomic E-state index is -0.959. The SMILES string of the molecule is O=[N+]([O-])c1ccc([N+](=O)[O-])c([O-])c1.[Li+]. The fraction of sp³-hybridized carbons (Fsp3) is 0. The smallest absolute Gasteiger partial charge is 0.868 e. The number of nitro benzene ring substituents is 2. The van der Waals surface area contributed by atoms with Crippen LogP contribution in [0.3, 0.4) is 0 Å². The maximum atomic E-state index is 10.8. The molecule has 0 amide bonds. The van der Waals surface area contributed by atoms with E-state index in [-0.39, 0.29) is 18.9 Å². The number of benzene rings is 1. The van der Waals surface area contributed by atoms with Crippen molar-refractivity contribution in [3.8, 4) is 5.75 Å². The van der Waals surface area contributed by atoms with Gasteiger partial charge in [-0.3, -0.25) is 20.2 Å². The summed E-state index contributed by atoms with van der Waals surface area (Å²) in [5.41, 5.74) is -1.11. The molecular weight excluding hydrogens is 187 g/mol. The quantitative estimate of drug-likeness (QED) is 0.293. The molecule has 0 aliphatic rings. The molecule has 0 saturated carbocycles. The maximum Gasteiger partial charge on any atom is 1.00 e. The van der Waals surface area contributed by atoms with Crippen LogP contribution in [0.1, 0.15) is 0 Å². The molecule has 0 fully saturated rings. The molecule has 68 valence electrons. The molecule has 7 nitrogen and oxygen atoms in total. The summed E-state index contributed by atoms with van der Waals surface area (Å²) in [5.74, 6) is -0.959. The zero-order chi connectivity index (χ0) is 10.0. The molecule has 0 unspecified atom stereocenters. The van der Waals surface area contributed by atoms with Gasteiger partial charge in [0, 0.05) is 18.2 Å². The predicted molar refractivity (Wildman–Crippen MR) is 39.2 cm³/mol. The van der Waals surface area contributed by atoms with E-state index in [9.17, 15) is 25.3 Å². The van der Waals surface area contributed by atoms with E-state index in [1.807, 2.05) is 0 Å². The van der Waals surface area contributed by atoms with E-state index >= 15 is 0 Å². The Hall–Kier alpha value is -1.58. The van der Waals surface area contributed by atoms with Crippen LogP contribution in [0.5, 0.6) is 5.75 Å². The number of hydrogen-bond donors (Lipinski definition) is 0. The minimum Gasteiger partial charge on any atom is -0.868 e. The zero-order valence-electron chi connectivity index (χ0n) is 7.17. The second-order valence-electron chi connectivity index (χ2n) is 2.17. The van der Waals surface area contributed by atoms with Crippen molar-refractivity contribution in [1.82, 2.24) is 0 Å². The molecular formula is C6H3LiN2O5. The van der Waals surface area contributed by atoms with Crippen LogP contribution in [-0.4, -0.2) is 9.85 Å². The molecule has 0 aliphatic heterocycles. The van der Waals surface area contributed by atoms with Crippen LogP contribution in [0.15, 0.2) is 18.2 Å². The van der Waals surface area contributed by atoms with Crippen LogP contribution >= 0.6 is 0 Å². The van der Waals surface area contributed by atoms with E-state index in [4.69, 9.17) is 0 Å². The summed E-state index contributed by atoms with van der Waals surface area (Å²) >= 11 is 0. The van der Waals surface area contributed by atoms with Gasteiger partial charge in [-0.1, -0.05) is 0 Å². The number of non-ortho nitro benzene ring substituents is 1. The Morgan fingerprint density at radius 1 is 1.07 bits per heavy atom. The first-order chi connectivity index (χ1) is 6.02. The largest absolute Gasteiger partial charge is 1.00 e. The number of nitro groups is 2. The fourth-order valence-corrected chi connectivity index (χ4v) is 0.767. The average molecular weight is 190 g/mol. The van der Waals surface area contributed by atoms with Crippen molar-refractivity contribution >= 4 is 11.4 Å². The minimum absolute atomic E-state index is 0. The van der Waals surface area contributed by atoms with E-state index in [0.29, 0.717) is 6.07 Å². The van der Waals surface area contributed by atoms with Gasteiger partial charge in [0.25, 0.3) is 11.4 Å². The monoisotopic (exact) mass is 190 g/mol. The summed E-state index contributed by atoms with van der Waals surface area (Å²) in [5, 5.41) is 31.1. The Labute approximate surface area is 89.8 Å². The van der Waals surface area contributed by atoms with E-state index in [0.717, 1.165) is 12.1 Å². The Kier molecular flexibility index (Phi) is 4.08. The molecule has 1 rings (SSSR count). The van der Waals surface area contributed by atoms with Crippen molar-refractivity contribution in [3.05, 3.63) is 38.4 Å². The molecule has 8 heteroatoms. The van der Waals surface area contributed by atoms with Gasteiger partial charge in [-0.25, -0.2) is 0 Å². The molecule has 0 saturated heterocycles. The first kappa shape index (κ1) is 12.4. The van der Waals surface area contributed by atoms with Crippen LogP contribution < -0.4 is 24.0 Å². The molecule has 0 spiro atoms. The number of rotatable bonds is 2. The third-order valence-corrected chi connectivity index (χ3v) is 1.35. The van der Waals surface area contributed by atoms with Gasteiger partial charge in [0.05, 0.1) is 9.85 Å². The van der Waals surface area contributed by atoms with Crippen molar-refractivity contribution in [3.63, 3.8) is 0 Å². The van der Waals surface area contributed by atoms with Gasteiger partial charge < -0.3 is 5.11 Å². The van der Waals surface area contributed by atoms with Gasteiger partial charge in [0.15, 0.2) is 0 Å². The second-order valence-corrected chi connectivity index (χ2v) is 2.17. The van der Waals surface area contributed by atoms with Gasteiger partial charge in [-0.15, -0.1) is 0 Å². The summed E-state index contributed by atoms with van der Waals surface area (Å²) in [4.78, 5) is 18.6. The zero-order valence-corrected chi connectivity index (χ0v) is 7.17. The maximum absolute atomic E-state index is 10.8. The van der Waals surface area contributed by atoms with E-state index in [2.05, 4.69) is 0 Å². The Balaban J connectivity index is 0.00000169. The topological polar surface area (TPSA) is 109 Å². The average Bonchev–Trinajstić information content (AvgIpc) is 2.03. The molecule has 0 radical (unpaired) electrons. The van der Waals surface area contributed by atoms with Crippen molar-refractivity contribution in [1.29, 1.82) is 0 Å². The van der Waals surface area contributed by atoms with Crippen LogP contribution in [0, 0.1) is 20.2 Å². The van der Waals surface area contributed by atoms with Gasteiger partial charge in [0.2, 0.25) is 0 Å². The van der Waals surface area contributed by atoms with Crippen molar-refractivity contribution in [2.45, 2.75) is 0 Å². The molecule has 14 heavy (non-hydrogen) atoms. The summed E-state index contributed by atoms with van der Waals surface area (Å²) in [6.07, 6.45) is 0. The Morgan fingerprint density at radius 2 is 1.64 bits per heavy atom. The molecule has 0 heterocycles. The van der Waals surface area contributed by atoms with E-state index in [1.165, 1.54) is 0 Å². The van der Waals surface area contributed by atoms with E-state index in [1.54, 1.807) is 0 Å². The molecule has 1 aromatic rings. The summed E-state index contributed by atoms with van der Waals surface area (Å²) < 4.78 is 0. The van der Waals surface area contributed by atoms with Crippen LogP contribution in [-0.2, 0) is 0 Å². The molecule has 1 aromatic carbocycles. The van der Waals surface area contributed by atoms with Crippen molar-refractivity contribution in [2.24, 2.45) is 0 Å².